The summed E-state index contributed by atoms with van der Waals surface area (Å²) in [5, 5.41) is 4.06. The smallest absolute Gasteiger partial charge is 0.256 e. The van der Waals surface area contributed by atoms with Gasteiger partial charge in [-0.3, -0.25) is 4.79 Å². The summed E-state index contributed by atoms with van der Waals surface area (Å²) in [7, 11) is 0. The van der Waals surface area contributed by atoms with Gasteiger partial charge in [0.1, 0.15) is 12.4 Å². The van der Waals surface area contributed by atoms with Gasteiger partial charge in [0.05, 0.1) is 16.8 Å². The van der Waals surface area contributed by atoms with Crippen molar-refractivity contribution in [1.82, 2.24) is 4.98 Å². The quantitative estimate of drug-likeness (QED) is 0.245. The lowest BCUT2D eigenvalue weighted by Gasteiger charge is -2.17. The normalized spacial score (nSPS) is 10.9. The molecule has 0 saturated carbocycles. The van der Waals surface area contributed by atoms with Crippen molar-refractivity contribution in [2.24, 2.45) is 0 Å². The number of carbonyl (C=O) groups excluding carboxylic acids is 1. The molecule has 1 heterocycles. The first-order valence-electron chi connectivity index (χ1n) is 13.0. The number of nitrogens with zero attached hydrogens (tertiary/aromatic N) is 1. The Kier molecular flexibility index (Phi) is 7.23. The predicted molar refractivity (Wildman–Crippen MR) is 156 cm³/mol. The first-order chi connectivity index (χ1) is 18.4. The molecule has 0 aliphatic rings. The van der Waals surface area contributed by atoms with Crippen LogP contribution < -0.4 is 10.1 Å². The molecular weight excluding hydrogens is 468 g/mol. The molecule has 1 aromatic heterocycles. The number of pyridine rings is 1. The van der Waals surface area contributed by atoms with Crippen LogP contribution in [0.4, 0.5) is 5.69 Å². The third-order valence-electron chi connectivity index (χ3n) is 6.92. The lowest BCUT2D eigenvalue weighted by atomic mass is 9.94. The van der Waals surface area contributed by atoms with Crippen LogP contribution in [-0.2, 0) is 13.0 Å². The van der Waals surface area contributed by atoms with Crippen molar-refractivity contribution in [3.8, 4) is 17.0 Å². The van der Waals surface area contributed by atoms with Crippen LogP contribution in [0.5, 0.6) is 5.75 Å². The largest absolute Gasteiger partial charge is 0.489 e. The molecule has 4 heteroatoms. The number of aromatic nitrogens is 1. The molecule has 0 unspecified atom stereocenters. The van der Waals surface area contributed by atoms with Gasteiger partial charge >= 0.3 is 0 Å². The average Bonchev–Trinajstić information content (AvgIpc) is 2.93. The zero-order valence-electron chi connectivity index (χ0n) is 22.3. The third-order valence-corrected chi connectivity index (χ3v) is 6.92. The molecule has 0 radical (unpaired) electrons. The fourth-order valence-corrected chi connectivity index (χ4v) is 4.97. The number of para-hydroxylation sites is 1. The van der Waals surface area contributed by atoms with Crippen molar-refractivity contribution in [2.75, 3.05) is 5.32 Å². The summed E-state index contributed by atoms with van der Waals surface area (Å²) in [6.07, 6.45) is 0.842. The SMILES string of the molecule is CCc1ccccc1NC(=O)c1c(C)c(-c2ccc(OCc3ccccc3)cc2)nc2c(C)cc(C)cc12. The van der Waals surface area contributed by atoms with E-state index >= 15 is 0 Å². The van der Waals surface area contributed by atoms with Crippen molar-refractivity contribution < 1.29 is 9.53 Å². The molecule has 0 saturated heterocycles. The first-order valence-corrected chi connectivity index (χ1v) is 13.0. The molecule has 0 fully saturated rings. The van der Waals surface area contributed by atoms with Gasteiger partial charge in [0.15, 0.2) is 0 Å². The molecule has 5 aromatic rings. The summed E-state index contributed by atoms with van der Waals surface area (Å²) < 4.78 is 5.98. The Morgan fingerprint density at radius 2 is 1.58 bits per heavy atom. The molecule has 190 valence electrons. The summed E-state index contributed by atoms with van der Waals surface area (Å²) in [5.74, 6) is 0.668. The highest BCUT2D eigenvalue weighted by Crippen LogP contribution is 2.33. The van der Waals surface area contributed by atoms with Gasteiger partial charge in [-0.05, 0) is 85.8 Å². The summed E-state index contributed by atoms with van der Waals surface area (Å²) in [6.45, 7) is 8.69. The van der Waals surface area contributed by atoms with E-state index in [1.807, 2.05) is 85.8 Å². The number of nitrogens with one attached hydrogen (secondary N) is 1. The van der Waals surface area contributed by atoms with Crippen molar-refractivity contribution in [1.29, 1.82) is 0 Å². The molecule has 1 N–H and O–H groups in total. The number of anilines is 1. The number of rotatable bonds is 7. The number of hydrogen-bond donors (Lipinski definition) is 1. The molecule has 1 amide bonds. The second-order valence-corrected chi connectivity index (χ2v) is 9.70. The van der Waals surface area contributed by atoms with E-state index in [0.717, 1.165) is 67.8 Å². The molecule has 0 bridgehead atoms. The predicted octanol–water partition coefficient (Wildman–Crippen LogP) is 8.22. The lowest BCUT2D eigenvalue weighted by Crippen LogP contribution is -2.16. The summed E-state index contributed by atoms with van der Waals surface area (Å²) in [4.78, 5) is 18.9. The van der Waals surface area contributed by atoms with Gasteiger partial charge in [0.2, 0.25) is 0 Å². The molecule has 0 aliphatic carbocycles. The third kappa shape index (κ3) is 5.16. The van der Waals surface area contributed by atoms with E-state index < -0.39 is 0 Å². The minimum atomic E-state index is -0.120. The molecule has 38 heavy (non-hydrogen) atoms. The highest BCUT2D eigenvalue weighted by Gasteiger charge is 2.21. The van der Waals surface area contributed by atoms with Crippen LogP contribution in [0.15, 0.2) is 91.0 Å². The van der Waals surface area contributed by atoms with Crippen LogP contribution in [-0.4, -0.2) is 10.9 Å². The average molecular weight is 501 g/mol. The Balaban J connectivity index is 1.54. The molecule has 0 aliphatic heterocycles. The number of benzene rings is 4. The summed E-state index contributed by atoms with van der Waals surface area (Å²) in [6, 6.07) is 30.2. The van der Waals surface area contributed by atoms with E-state index in [9.17, 15) is 4.79 Å². The Morgan fingerprint density at radius 1 is 0.868 bits per heavy atom. The van der Waals surface area contributed by atoms with Crippen molar-refractivity contribution in [2.45, 2.75) is 40.7 Å². The minimum Gasteiger partial charge on any atom is -0.489 e. The zero-order valence-corrected chi connectivity index (χ0v) is 22.3. The second-order valence-electron chi connectivity index (χ2n) is 9.70. The van der Waals surface area contributed by atoms with Crippen LogP contribution in [0.1, 0.15) is 45.1 Å². The van der Waals surface area contributed by atoms with Crippen molar-refractivity contribution in [3.63, 3.8) is 0 Å². The van der Waals surface area contributed by atoms with E-state index in [0.29, 0.717) is 12.2 Å². The standard InChI is InChI=1S/C34H32N2O2/c1-5-26-13-9-10-14-30(26)35-34(37)31-24(4)33(36-32-23(3)19-22(2)20-29(31)32)27-15-17-28(18-16-27)38-21-25-11-7-6-8-12-25/h6-20H,5,21H2,1-4H3,(H,35,37). The number of ether oxygens (including phenoxy) is 1. The van der Waals surface area contributed by atoms with Gasteiger partial charge in [-0.2, -0.15) is 0 Å². The van der Waals surface area contributed by atoms with Crippen molar-refractivity contribution in [3.05, 3.63) is 124 Å². The second kappa shape index (κ2) is 10.9. The van der Waals surface area contributed by atoms with Crippen LogP contribution in [0, 0.1) is 20.8 Å². The van der Waals surface area contributed by atoms with E-state index in [4.69, 9.17) is 9.72 Å². The minimum absolute atomic E-state index is 0.120. The Morgan fingerprint density at radius 3 is 2.32 bits per heavy atom. The number of fused-ring (bicyclic) bond motifs is 1. The van der Waals surface area contributed by atoms with Crippen LogP contribution in [0.2, 0.25) is 0 Å². The maximum Gasteiger partial charge on any atom is 0.256 e. The molecule has 5 rings (SSSR count). The van der Waals surface area contributed by atoms with Crippen LogP contribution >= 0.6 is 0 Å². The van der Waals surface area contributed by atoms with Crippen molar-refractivity contribution >= 4 is 22.5 Å². The summed E-state index contributed by atoms with van der Waals surface area (Å²) in [5.41, 5.74) is 9.32. The maximum atomic E-state index is 13.8. The van der Waals surface area contributed by atoms with Gasteiger partial charge in [-0.15, -0.1) is 0 Å². The van der Waals surface area contributed by atoms with E-state index in [2.05, 4.69) is 38.2 Å². The number of hydrogen-bond acceptors (Lipinski definition) is 3. The fourth-order valence-electron chi connectivity index (χ4n) is 4.97. The molecule has 0 atom stereocenters. The zero-order chi connectivity index (χ0) is 26.6. The van der Waals surface area contributed by atoms with E-state index in [-0.39, 0.29) is 5.91 Å². The Labute approximate surface area is 224 Å². The lowest BCUT2D eigenvalue weighted by molar-refractivity contribution is 0.102. The Bertz CT molecular complexity index is 1610. The molecular formula is C34H32N2O2. The topological polar surface area (TPSA) is 51.2 Å². The monoisotopic (exact) mass is 500 g/mol. The maximum absolute atomic E-state index is 13.8. The Hall–Kier alpha value is -4.44. The van der Waals surface area contributed by atoms with E-state index in [1.54, 1.807) is 0 Å². The number of amides is 1. The highest BCUT2D eigenvalue weighted by molar-refractivity contribution is 6.15. The van der Waals surface area contributed by atoms with Gasteiger partial charge in [-0.25, -0.2) is 4.98 Å². The highest BCUT2D eigenvalue weighted by atomic mass is 16.5. The number of aryl methyl sites for hydroxylation is 3. The van der Waals surface area contributed by atoms with Crippen LogP contribution in [0.25, 0.3) is 22.2 Å². The molecule has 4 nitrogen and oxygen atoms in total. The molecule has 4 aromatic carbocycles. The van der Waals surface area contributed by atoms with Gasteiger partial charge in [-0.1, -0.05) is 67.1 Å². The first kappa shape index (κ1) is 25.2. The molecule has 0 spiro atoms. The van der Waals surface area contributed by atoms with Crippen LogP contribution in [0.3, 0.4) is 0 Å². The van der Waals surface area contributed by atoms with Gasteiger partial charge in [0, 0.05) is 16.6 Å². The summed E-state index contributed by atoms with van der Waals surface area (Å²) >= 11 is 0. The van der Waals surface area contributed by atoms with Gasteiger partial charge < -0.3 is 10.1 Å². The number of carbonyl (C=O) groups is 1. The van der Waals surface area contributed by atoms with Gasteiger partial charge in [0.25, 0.3) is 5.91 Å². The van der Waals surface area contributed by atoms with E-state index in [1.165, 1.54) is 0 Å². The fraction of sp³-hybridized carbons (Fsp3) is 0.176.